The van der Waals surface area contributed by atoms with Gasteiger partial charge in [-0.2, -0.15) is 0 Å². The Kier molecular flexibility index (Phi) is 3.91. The second-order valence-corrected chi connectivity index (χ2v) is 4.26. The zero-order valence-corrected chi connectivity index (χ0v) is 10.2. The Hall–Kier alpha value is -1.20. The summed E-state index contributed by atoms with van der Waals surface area (Å²) in [7, 11) is 3.57. The lowest BCUT2D eigenvalue weighted by molar-refractivity contribution is 0.121. The second kappa shape index (κ2) is 5.42. The first-order valence-electron chi connectivity index (χ1n) is 5.81. The van der Waals surface area contributed by atoms with Gasteiger partial charge < -0.3 is 15.0 Å². The van der Waals surface area contributed by atoms with E-state index in [1.165, 1.54) is 6.20 Å². The number of nitrogens with one attached hydrogen (secondary N) is 1. The van der Waals surface area contributed by atoms with E-state index in [0.29, 0.717) is 6.54 Å². The number of pyridine rings is 1. The highest BCUT2D eigenvalue weighted by molar-refractivity contribution is 5.48. The number of aromatic nitrogens is 1. The normalized spacial score (nSPS) is 19.9. The molecule has 94 valence electrons. The molecule has 4 nitrogen and oxygen atoms in total. The first kappa shape index (κ1) is 12.3. The Labute approximate surface area is 101 Å². The van der Waals surface area contributed by atoms with Crippen LogP contribution in [-0.2, 0) is 11.3 Å². The van der Waals surface area contributed by atoms with Gasteiger partial charge in [-0.15, -0.1) is 0 Å². The van der Waals surface area contributed by atoms with Gasteiger partial charge in [-0.1, -0.05) is 0 Å². The van der Waals surface area contributed by atoms with E-state index in [2.05, 4.69) is 15.2 Å². The zero-order chi connectivity index (χ0) is 12.3. The summed E-state index contributed by atoms with van der Waals surface area (Å²) in [4.78, 5) is 6.36. The largest absolute Gasteiger partial charge is 0.380 e. The van der Waals surface area contributed by atoms with Crippen LogP contribution in [0.1, 0.15) is 12.0 Å². The molecule has 1 aromatic rings. The van der Waals surface area contributed by atoms with Crippen LogP contribution in [0.3, 0.4) is 0 Å². The zero-order valence-electron chi connectivity index (χ0n) is 10.2. The molecule has 1 N–H and O–H groups in total. The molecule has 1 fully saturated rings. The van der Waals surface area contributed by atoms with Gasteiger partial charge in [-0.3, -0.25) is 0 Å². The van der Waals surface area contributed by atoms with Crippen molar-refractivity contribution in [3.05, 3.63) is 23.6 Å². The second-order valence-electron chi connectivity index (χ2n) is 4.26. The maximum absolute atomic E-state index is 13.2. The van der Waals surface area contributed by atoms with Crippen molar-refractivity contribution < 1.29 is 9.13 Å². The summed E-state index contributed by atoms with van der Waals surface area (Å²) in [5, 5.41) is 3.04. The van der Waals surface area contributed by atoms with Gasteiger partial charge in [0.05, 0.1) is 12.3 Å². The van der Waals surface area contributed by atoms with Gasteiger partial charge in [0.1, 0.15) is 11.6 Å². The van der Waals surface area contributed by atoms with Crippen LogP contribution in [0, 0.1) is 5.82 Å². The molecule has 1 aliphatic heterocycles. The van der Waals surface area contributed by atoms with Crippen molar-refractivity contribution in [2.45, 2.75) is 19.1 Å². The van der Waals surface area contributed by atoms with Crippen LogP contribution in [-0.4, -0.2) is 38.3 Å². The average molecular weight is 239 g/mol. The average Bonchev–Trinajstić information content (AvgIpc) is 2.78. The Morgan fingerprint density at radius 3 is 3.12 bits per heavy atom. The highest BCUT2D eigenvalue weighted by atomic mass is 19.1. The van der Waals surface area contributed by atoms with Gasteiger partial charge in [0.25, 0.3) is 0 Å². The van der Waals surface area contributed by atoms with Crippen molar-refractivity contribution in [1.29, 1.82) is 0 Å². The fourth-order valence-electron chi connectivity index (χ4n) is 2.19. The summed E-state index contributed by atoms with van der Waals surface area (Å²) in [5.41, 5.74) is 0.893. The molecule has 0 bridgehead atoms. The number of halogens is 1. The quantitative estimate of drug-likeness (QED) is 0.855. The lowest BCUT2D eigenvalue weighted by Crippen LogP contribution is -2.25. The number of nitrogens with zero attached hydrogens (tertiary/aromatic N) is 2. The first-order chi connectivity index (χ1) is 8.24. The molecule has 2 rings (SSSR count). The molecule has 1 saturated heterocycles. The molecule has 1 unspecified atom stereocenters. The van der Waals surface area contributed by atoms with Crippen molar-refractivity contribution in [3.8, 4) is 0 Å². The minimum absolute atomic E-state index is 0.254. The summed E-state index contributed by atoms with van der Waals surface area (Å²) in [6, 6.07) is 1.54. The van der Waals surface area contributed by atoms with Crippen LogP contribution in [0.25, 0.3) is 0 Å². The number of methoxy groups -OCH3 is 1. The number of anilines is 1. The molecular weight excluding hydrogens is 221 g/mol. The number of hydrogen-bond donors (Lipinski definition) is 1. The van der Waals surface area contributed by atoms with E-state index in [9.17, 15) is 4.39 Å². The van der Waals surface area contributed by atoms with Crippen LogP contribution in [0.15, 0.2) is 12.3 Å². The van der Waals surface area contributed by atoms with Crippen molar-refractivity contribution >= 4 is 5.82 Å². The minimum atomic E-state index is -0.290. The molecule has 0 radical (unpaired) electrons. The van der Waals surface area contributed by atoms with E-state index < -0.39 is 0 Å². The molecule has 0 aliphatic carbocycles. The van der Waals surface area contributed by atoms with E-state index in [-0.39, 0.29) is 11.9 Å². The lowest BCUT2D eigenvalue weighted by Gasteiger charge is -2.20. The molecule has 0 spiro atoms. The Balaban J connectivity index is 2.19. The third-order valence-corrected chi connectivity index (χ3v) is 3.05. The molecule has 1 aliphatic rings. The van der Waals surface area contributed by atoms with Crippen LogP contribution in [0.4, 0.5) is 10.2 Å². The number of hydrogen-bond acceptors (Lipinski definition) is 4. The van der Waals surface area contributed by atoms with Gasteiger partial charge in [0, 0.05) is 32.3 Å². The number of ether oxygens (including phenoxy) is 1. The van der Waals surface area contributed by atoms with Crippen molar-refractivity contribution in [3.63, 3.8) is 0 Å². The highest BCUT2D eigenvalue weighted by Crippen LogP contribution is 2.23. The molecule has 5 heteroatoms. The maximum Gasteiger partial charge on any atom is 0.141 e. The van der Waals surface area contributed by atoms with E-state index in [0.717, 1.165) is 30.9 Å². The van der Waals surface area contributed by atoms with E-state index in [1.54, 1.807) is 13.2 Å². The van der Waals surface area contributed by atoms with Gasteiger partial charge in [-0.25, -0.2) is 9.37 Å². The van der Waals surface area contributed by atoms with Gasteiger partial charge in [-0.05, 0) is 19.5 Å². The fourth-order valence-corrected chi connectivity index (χ4v) is 2.19. The highest BCUT2D eigenvalue weighted by Gasteiger charge is 2.24. The minimum Gasteiger partial charge on any atom is -0.380 e. The van der Waals surface area contributed by atoms with E-state index >= 15 is 0 Å². The summed E-state index contributed by atoms with van der Waals surface area (Å²) in [6.07, 6.45) is 2.52. The maximum atomic E-state index is 13.2. The third kappa shape index (κ3) is 2.73. The van der Waals surface area contributed by atoms with Gasteiger partial charge in [0.15, 0.2) is 0 Å². The molecular formula is C12H18FN3O. The molecule has 0 saturated carbocycles. The fraction of sp³-hybridized carbons (Fsp3) is 0.583. The molecule has 2 heterocycles. The Bertz CT molecular complexity index is 386. The Morgan fingerprint density at radius 2 is 2.47 bits per heavy atom. The molecule has 17 heavy (non-hydrogen) atoms. The third-order valence-electron chi connectivity index (χ3n) is 3.05. The van der Waals surface area contributed by atoms with Crippen LogP contribution < -0.4 is 10.2 Å². The van der Waals surface area contributed by atoms with Crippen molar-refractivity contribution in [2.24, 2.45) is 0 Å². The smallest absolute Gasteiger partial charge is 0.141 e. The molecule has 1 aromatic heterocycles. The lowest BCUT2D eigenvalue weighted by atomic mass is 10.2. The van der Waals surface area contributed by atoms with Crippen molar-refractivity contribution in [2.75, 3.05) is 32.1 Å². The summed E-state index contributed by atoms with van der Waals surface area (Å²) in [6.45, 7) is 2.36. The molecule has 0 amide bonds. The van der Waals surface area contributed by atoms with E-state index in [4.69, 9.17) is 4.74 Å². The van der Waals surface area contributed by atoms with Gasteiger partial charge in [0.2, 0.25) is 0 Å². The summed E-state index contributed by atoms with van der Waals surface area (Å²) in [5.74, 6) is 0.571. The first-order valence-corrected chi connectivity index (χ1v) is 5.81. The number of rotatable bonds is 4. The van der Waals surface area contributed by atoms with Gasteiger partial charge >= 0.3 is 0 Å². The Morgan fingerprint density at radius 1 is 1.65 bits per heavy atom. The van der Waals surface area contributed by atoms with Crippen LogP contribution in [0.2, 0.25) is 0 Å². The molecule has 1 atom stereocenters. The summed E-state index contributed by atoms with van der Waals surface area (Å²) < 4.78 is 18.5. The monoisotopic (exact) mass is 239 g/mol. The SMILES string of the molecule is CNCc1cc(F)cnc1N1CCC(OC)C1. The van der Waals surface area contributed by atoms with Crippen LogP contribution >= 0.6 is 0 Å². The van der Waals surface area contributed by atoms with Crippen LogP contribution in [0.5, 0.6) is 0 Å². The van der Waals surface area contributed by atoms with E-state index in [1.807, 2.05) is 7.05 Å². The van der Waals surface area contributed by atoms with Crippen molar-refractivity contribution in [1.82, 2.24) is 10.3 Å². The topological polar surface area (TPSA) is 37.4 Å². The predicted octanol–water partition coefficient (Wildman–Crippen LogP) is 1.17. The molecule has 0 aromatic carbocycles. The predicted molar refractivity (Wildman–Crippen MR) is 64.6 cm³/mol. The standard InChI is InChI=1S/C12H18FN3O/c1-14-6-9-5-10(13)7-15-12(9)16-4-3-11(8-16)17-2/h5,7,11,14H,3-4,6,8H2,1-2H3. The summed E-state index contributed by atoms with van der Waals surface area (Å²) >= 11 is 0.